The summed E-state index contributed by atoms with van der Waals surface area (Å²) in [6.07, 6.45) is 10.9. The third kappa shape index (κ3) is 11.8. The van der Waals surface area contributed by atoms with E-state index in [1.54, 1.807) is 31.2 Å². The molecule has 0 aromatic carbocycles. The Labute approximate surface area is 188 Å². The standard InChI is InChI=1S/C12H18O3.C9H16O2.C4H8O/c1-5-8-12(9-6-2,10(4)13)11(14)15-7-3;1-3-5-9(7-10,8-11)6-4-2;1-2-4-5-3-1/h5-6H,1-2,7-9H2,3-4H3;3-4,10-11H,1-2,5-8H2;1-4H2. The van der Waals surface area contributed by atoms with Crippen LogP contribution in [0.1, 0.15) is 52.4 Å². The molecule has 1 rings (SSSR count). The zero-order valence-corrected chi connectivity index (χ0v) is 19.4. The number of carbonyl (C=O) groups excluding carboxylic acids is 2. The third-order valence-corrected chi connectivity index (χ3v) is 4.98. The maximum Gasteiger partial charge on any atom is 0.320 e. The number of carbonyl (C=O) groups is 2. The van der Waals surface area contributed by atoms with Crippen LogP contribution in [0.5, 0.6) is 0 Å². The molecule has 0 bridgehead atoms. The predicted octanol–water partition coefficient (Wildman–Crippen LogP) is 4.18. The molecular formula is C25H42O6. The van der Waals surface area contributed by atoms with Crippen molar-refractivity contribution >= 4 is 11.8 Å². The van der Waals surface area contributed by atoms with E-state index in [1.165, 1.54) is 19.8 Å². The lowest BCUT2D eigenvalue weighted by atomic mass is 9.77. The van der Waals surface area contributed by atoms with Crippen LogP contribution >= 0.6 is 0 Å². The third-order valence-electron chi connectivity index (χ3n) is 4.98. The van der Waals surface area contributed by atoms with Crippen LogP contribution in [0.3, 0.4) is 0 Å². The first-order valence-electron chi connectivity index (χ1n) is 10.7. The highest BCUT2D eigenvalue weighted by Gasteiger charge is 2.42. The topological polar surface area (TPSA) is 93.1 Å². The zero-order valence-electron chi connectivity index (χ0n) is 19.4. The molecule has 1 heterocycles. The van der Waals surface area contributed by atoms with Gasteiger partial charge in [0, 0.05) is 18.6 Å². The number of ether oxygens (including phenoxy) is 2. The fourth-order valence-electron chi connectivity index (χ4n) is 2.96. The molecule has 0 aromatic heterocycles. The van der Waals surface area contributed by atoms with Gasteiger partial charge in [-0.15, -0.1) is 26.3 Å². The fraction of sp³-hybridized carbons (Fsp3) is 0.600. The summed E-state index contributed by atoms with van der Waals surface area (Å²) in [6, 6.07) is 0. The van der Waals surface area contributed by atoms with E-state index in [0.29, 0.717) is 12.8 Å². The number of allylic oxidation sites excluding steroid dienone is 4. The van der Waals surface area contributed by atoms with Gasteiger partial charge in [0.05, 0.1) is 19.8 Å². The van der Waals surface area contributed by atoms with E-state index < -0.39 is 16.8 Å². The van der Waals surface area contributed by atoms with E-state index in [0.717, 1.165) is 13.2 Å². The number of hydrogen-bond donors (Lipinski definition) is 2. The summed E-state index contributed by atoms with van der Waals surface area (Å²) in [5.74, 6) is -0.696. The van der Waals surface area contributed by atoms with Gasteiger partial charge in [-0.25, -0.2) is 0 Å². The van der Waals surface area contributed by atoms with Crippen molar-refractivity contribution in [1.82, 2.24) is 0 Å². The predicted molar refractivity (Wildman–Crippen MR) is 126 cm³/mol. The Morgan fingerprint density at radius 1 is 0.903 bits per heavy atom. The molecule has 0 amide bonds. The first-order valence-corrected chi connectivity index (χ1v) is 10.7. The lowest BCUT2D eigenvalue weighted by Gasteiger charge is -2.26. The lowest BCUT2D eigenvalue weighted by Crippen LogP contribution is -2.38. The smallest absolute Gasteiger partial charge is 0.320 e. The van der Waals surface area contributed by atoms with E-state index in [-0.39, 0.29) is 38.4 Å². The van der Waals surface area contributed by atoms with Crippen molar-refractivity contribution in [3.8, 4) is 0 Å². The highest BCUT2D eigenvalue weighted by molar-refractivity contribution is 6.03. The van der Waals surface area contributed by atoms with Gasteiger partial charge in [0.1, 0.15) is 11.2 Å². The number of Topliss-reactive ketones (excluding diaryl/α,β-unsaturated/α-hetero) is 1. The number of esters is 1. The highest BCUT2D eigenvalue weighted by Crippen LogP contribution is 2.30. The van der Waals surface area contributed by atoms with Crippen molar-refractivity contribution in [3.05, 3.63) is 50.6 Å². The number of rotatable bonds is 13. The molecule has 6 nitrogen and oxygen atoms in total. The van der Waals surface area contributed by atoms with Gasteiger partial charge >= 0.3 is 5.97 Å². The van der Waals surface area contributed by atoms with Crippen LogP contribution in [0.2, 0.25) is 0 Å². The fourth-order valence-corrected chi connectivity index (χ4v) is 2.96. The van der Waals surface area contributed by atoms with Crippen molar-refractivity contribution in [2.75, 3.05) is 33.0 Å². The zero-order chi connectivity index (χ0) is 24.2. The molecule has 0 saturated carbocycles. The van der Waals surface area contributed by atoms with Crippen molar-refractivity contribution in [3.63, 3.8) is 0 Å². The normalized spacial score (nSPS) is 12.9. The van der Waals surface area contributed by atoms with Gasteiger partial charge in [-0.3, -0.25) is 9.59 Å². The molecule has 0 unspecified atom stereocenters. The monoisotopic (exact) mass is 438 g/mol. The number of hydrogen-bond acceptors (Lipinski definition) is 6. The minimum Gasteiger partial charge on any atom is -0.465 e. The van der Waals surface area contributed by atoms with Crippen LogP contribution in [-0.2, 0) is 19.1 Å². The number of aliphatic hydroxyl groups excluding tert-OH is 2. The summed E-state index contributed by atoms with van der Waals surface area (Å²) in [5, 5.41) is 18.0. The molecule has 1 aliphatic rings. The molecule has 0 aromatic rings. The van der Waals surface area contributed by atoms with Gasteiger partial charge in [0.25, 0.3) is 0 Å². The molecule has 0 atom stereocenters. The average molecular weight is 439 g/mol. The Hall–Kier alpha value is -2.02. The summed E-state index contributed by atoms with van der Waals surface area (Å²) >= 11 is 0. The van der Waals surface area contributed by atoms with E-state index in [2.05, 4.69) is 26.3 Å². The summed E-state index contributed by atoms with van der Waals surface area (Å²) < 4.78 is 9.86. The average Bonchev–Trinajstić information content (AvgIpc) is 3.34. The first kappa shape index (κ1) is 31.2. The minimum atomic E-state index is -1.13. The van der Waals surface area contributed by atoms with Gasteiger partial charge < -0.3 is 19.7 Å². The summed E-state index contributed by atoms with van der Waals surface area (Å²) in [6.45, 7) is 19.6. The summed E-state index contributed by atoms with van der Waals surface area (Å²) in [7, 11) is 0. The van der Waals surface area contributed by atoms with E-state index in [4.69, 9.17) is 19.7 Å². The second-order valence-corrected chi connectivity index (χ2v) is 7.47. The number of ketones is 1. The Balaban J connectivity index is 0. The van der Waals surface area contributed by atoms with Crippen LogP contribution in [0.15, 0.2) is 50.6 Å². The molecular weight excluding hydrogens is 396 g/mol. The van der Waals surface area contributed by atoms with E-state index in [1.807, 2.05) is 0 Å². The first-order chi connectivity index (χ1) is 14.8. The van der Waals surface area contributed by atoms with Crippen LogP contribution in [0.4, 0.5) is 0 Å². The Morgan fingerprint density at radius 3 is 1.55 bits per heavy atom. The van der Waals surface area contributed by atoms with Crippen molar-refractivity contribution in [1.29, 1.82) is 0 Å². The van der Waals surface area contributed by atoms with Crippen LogP contribution in [0.25, 0.3) is 0 Å². The van der Waals surface area contributed by atoms with Gasteiger partial charge in [-0.1, -0.05) is 24.3 Å². The van der Waals surface area contributed by atoms with Crippen LogP contribution in [-0.4, -0.2) is 55.0 Å². The van der Waals surface area contributed by atoms with Crippen molar-refractivity contribution < 1.29 is 29.3 Å². The Bertz CT molecular complexity index is 515. The SMILES string of the molecule is C1CCOC1.C=CCC(CC=C)(C(C)=O)C(=O)OCC.C=CCC(CO)(CO)CC=C. The molecule has 0 spiro atoms. The molecule has 1 saturated heterocycles. The second-order valence-electron chi connectivity index (χ2n) is 7.47. The maximum atomic E-state index is 11.7. The van der Waals surface area contributed by atoms with E-state index >= 15 is 0 Å². The van der Waals surface area contributed by atoms with Crippen molar-refractivity contribution in [2.24, 2.45) is 10.8 Å². The minimum absolute atomic E-state index is 0.0263. The molecule has 2 N–H and O–H groups in total. The van der Waals surface area contributed by atoms with Crippen LogP contribution < -0.4 is 0 Å². The largest absolute Gasteiger partial charge is 0.465 e. The molecule has 1 fully saturated rings. The van der Waals surface area contributed by atoms with Gasteiger partial charge in [0.2, 0.25) is 0 Å². The maximum absolute atomic E-state index is 11.7. The molecule has 178 valence electrons. The lowest BCUT2D eigenvalue weighted by molar-refractivity contribution is -0.159. The molecule has 0 aliphatic carbocycles. The van der Waals surface area contributed by atoms with Gasteiger partial charge in [0.15, 0.2) is 0 Å². The number of aliphatic hydroxyl groups is 2. The van der Waals surface area contributed by atoms with E-state index in [9.17, 15) is 9.59 Å². The Kier molecular flexibility index (Phi) is 18.8. The summed E-state index contributed by atoms with van der Waals surface area (Å²) in [5.41, 5.74) is -1.57. The van der Waals surface area contributed by atoms with Crippen LogP contribution in [0, 0.1) is 10.8 Å². The molecule has 0 radical (unpaired) electrons. The second kappa shape index (κ2) is 18.7. The molecule has 31 heavy (non-hydrogen) atoms. The Morgan fingerprint density at radius 2 is 1.32 bits per heavy atom. The van der Waals surface area contributed by atoms with Crippen molar-refractivity contribution in [2.45, 2.75) is 52.4 Å². The quantitative estimate of drug-likeness (QED) is 0.254. The molecule has 6 heteroatoms. The summed E-state index contributed by atoms with van der Waals surface area (Å²) in [4.78, 5) is 23.3. The van der Waals surface area contributed by atoms with Gasteiger partial charge in [-0.2, -0.15) is 0 Å². The van der Waals surface area contributed by atoms with Gasteiger partial charge in [-0.05, 0) is 52.4 Å². The highest BCUT2D eigenvalue weighted by atomic mass is 16.5. The molecule has 1 aliphatic heterocycles.